The third-order valence-corrected chi connectivity index (χ3v) is 6.76. The van der Waals surface area contributed by atoms with Crippen molar-refractivity contribution >= 4 is 38.4 Å². The minimum absolute atomic E-state index is 0.00919. The number of aliphatic imine (C=N–C) groups is 1. The molecule has 0 aromatic heterocycles. The summed E-state index contributed by atoms with van der Waals surface area (Å²) in [5.74, 6) is 0.202. The summed E-state index contributed by atoms with van der Waals surface area (Å²) >= 11 is 1.46. The summed E-state index contributed by atoms with van der Waals surface area (Å²) < 4.78 is 23.1. The molecule has 0 saturated carbocycles. The Bertz CT molecular complexity index is 759. The van der Waals surface area contributed by atoms with Crippen molar-refractivity contribution in [3.8, 4) is 0 Å². The van der Waals surface area contributed by atoms with Gasteiger partial charge < -0.3 is 10.6 Å². The first kappa shape index (κ1) is 16.3. The molecule has 23 heavy (non-hydrogen) atoms. The number of sulfone groups is 1. The number of anilines is 1. The number of benzene rings is 1. The standard InChI is InChI=1S/C15H19N3O3S2/c1-9(2)16-14(19)10-4-3-5-11(6-10)17-15-18-12-7-23(20,21)8-13(12)22-15/h3-6,9,12-13H,7-8H2,1-2H3,(H,16,19)(H,17,18)/t12-,13+/m1/s1. The lowest BCUT2D eigenvalue weighted by molar-refractivity contribution is 0.0943. The summed E-state index contributed by atoms with van der Waals surface area (Å²) in [4.78, 5) is 16.5. The highest BCUT2D eigenvalue weighted by molar-refractivity contribution is 8.15. The Balaban J connectivity index is 1.69. The fraction of sp³-hybridized carbons (Fsp3) is 0.467. The van der Waals surface area contributed by atoms with Gasteiger partial charge in [-0.25, -0.2) is 8.42 Å². The van der Waals surface area contributed by atoms with Crippen molar-refractivity contribution in [3.05, 3.63) is 29.8 Å². The number of nitrogens with one attached hydrogen (secondary N) is 2. The van der Waals surface area contributed by atoms with Gasteiger partial charge in [0.05, 0.1) is 17.5 Å². The molecular weight excluding hydrogens is 334 g/mol. The van der Waals surface area contributed by atoms with E-state index in [0.717, 1.165) is 10.9 Å². The van der Waals surface area contributed by atoms with Crippen LogP contribution in [0.15, 0.2) is 29.3 Å². The molecule has 2 heterocycles. The van der Waals surface area contributed by atoms with E-state index in [0.29, 0.717) is 5.56 Å². The first-order valence-corrected chi connectivity index (χ1v) is 10.2. The molecule has 2 aliphatic rings. The first-order valence-electron chi connectivity index (χ1n) is 7.45. The second-order valence-electron chi connectivity index (χ2n) is 6.07. The number of hydrogen-bond acceptors (Lipinski definition) is 6. The normalized spacial score (nSPS) is 25.1. The van der Waals surface area contributed by atoms with Crippen molar-refractivity contribution in [3.63, 3.8) is 0 Å². The lowest BCUT2D eigenvalue weighted by Gasteiger charge is -2.11. The number of carbonyl (C=O) groups excluding carboxylic acids is 1. The predicted octanol–water partition coefficient (Wildman–Crippen LogP) is 1.51. The van der Waals surface area contributed by atoms with E-state index < -0.39 is 9.84 Å². The van der Waals surface area contributed by atoms with Gasteiger partial charge in [-0.15, -0.1) is 0 Å². The highest BCUT2D eigenvalue weighted by Crippen LogP contribution is 2.34. The van der Waals surface area contributed by atoms with Crippen LogP contribution in [0.4, 0.5) is 5.69 Å². The zero-order chi connectivity index (χ0) is 16.6. The Morgan fingerprint density at radius 1 is 1.35 bits per heavy atom. The van der Waals surface area contributed by atoms with Gasteiger partial charge in [-0.3, -0.25) is 9.79 Å². The van der Waals surface area contributed by atoms with Gasteiger partial charge in [0, 0.05) is 22.5 Å². The van der Waals surface area contributed by atoms with Gasteiger partial charge in [-0.2, -0.15) is 0 Å². The van der Waals surface area contributed by atoms with E-state index in [1.807, 2.05) is 26.0 Å². The van der Waals surface area contributed by atoms with Crippen LogP contribution in [0.25, 0.3) is 0 Å². The van der Waals surface area contributed by atoms with Gasteiger partial charge in [-0.05, 0) is 32.0 Å². The summed E-state index contributed by atoms with van der Waals surface area (Å²) in [7, 11) is -2.94. The van der Waals surface area contributed by atoms with E-state index in [-0.39, 0.29) is 34.7 Å². The van der Waals surface area contributed by atoms with Gasteiger partial charge in [0.2, 0.25) is 0 Å². The highest BCUT2D eigenvalue weighted by Gasteiger charge is 2.42. The van der Waals surface area contributed by atoms with E-state index in [9.17, 15) is 13.2 Å². The number of thioether (sulfide) groups is 1. The molecule has 8 heteroatoms. The minimum Gasteiger partial charge on any atom is -0.350 e. The van der Waals surface area contributed by atoms with Crippen molar-refractivity contribution in [2.24, 2.45) is 4.99 Å². The van der Waals surface area contributed by atoms with E-state index >= 15 is 0 Å². The zero-order valence-corrected chi connectivity index (χ0v) is 14.6. The molecule has 0 spiro atoms. The maximum Gasteiger partial charge on any atom is 0.251 e. The van der Waals surface area contributed by atoms with Crippen LogP contribution in [0, 0.1) is 0 Å². The molecular formula is C15H19N3O3S2. The minimum atomic E-state index is -2.94. The summed E-state index contributed by atoms with van der Waals surface area (Å²) in [6, 6.07) is 7.12. The van der Waals surface area contributed by atoms with E-state index in [1.165, 1.54) is 11.8 Å². The van der Waals surface area contributed by atoms with Crippen molar-refractivity contribution in [1.29, 1.82) is 0 Å². The monoisotopic (exact) mass is 353 g/mol. The van der Waals surface area contributed by atoms with Crippen LogP contribution in [-0.4, -0.2) is 48.3 Å². The van der Waals surface area contributed by atoms with Crippen LogP contribution in [0.3, 0.4) is 0 Å². The van der Waals surface area contributed by atoms with Gasteiger partial charge in [0.1, 0.15) is 0 Å². The fourth-order valence-electron chi connectivity index (χ4n) is 2.62. The van der Waals surface area contributed by atoms with E-state index in [2.05, 4.69) is 15.6 Å². The molecule has 6 nitrogen and oxygen atoms in total. The number of amides is 1. The topological polar surface area (TPSA) is 87.6 Å². The number of carbonyl (C=O) groups is 1. The number of rotatable bonds is 3. The largest absolute Gasteiger partial charge is 0.350 e. The van der Waals surface area contributed by atoms with Gasteiger partial charge in [0.25, 0.3) is 5.91 Å². The third-order valence-electron chi connectivity index (χ3n) is 3.61. The summed E-state index contributed by atoms with van der Waals surface area (Å²) in [5.41, 5.74) is 1.35. The second kappa shape index (κ2) is 6.16. The lowest BCUT2D eigenvalue weighted by atomic mass is 10.2. The third kappa shape index (κ3) is 3.87. The summed E-state index contributed by atoms with van der Waals surface area (Å²) in [6.07, 6.45) is 0. The van der Waals surface area contributed by atoms with Crippen LogP contribution < -0.4 is 10.6 Å². The number of hydrogen-bond donors (Lipinski definition) is 2. The van der Waals surface area contributed by atoms with Crippen LogP contribution in [0.5, 0.6) is 0 Å². The smallest absolute Gasteiger partial charge is 0.251 e. The molecule has 0 unspecified atom stereocenters. The van der Waals surface area contributed by atoms with Crippen LogP contribution >= 0.6 is 11.8 Å². The Kier molecular flexibility index (Phi) is 4.37. The molecule has 0 aliphatic carbocycles. The van der Waals surface area contributed by atoms with Gasteiger partial charge in [0.15, 0.2) is 15.0 Å². The Hall–Kier alpha value is -1.54. The quantitative estimate of drug-likeness (QED) is 0.860. The number of amidine groups is 1. The molecule has 2 aliphatic heterocycles. The fourth-order valence-corrected chi connectivity index (χ4v) is 6.30. The van der Waals surface area contributed by atoms with E-state index in [4.69, 9.17) is 0 Å². The average molecular weight is 353 g/mol. The Morgan fingerprint density at radius 3 is 2.83 bits per heavy atom. The van der Waals surface area contributed by atoms with Crippen LogP contribution in [-0.2, 0) is 9.84 Å². The molecule has 1 amide bonds. The summed E-state index contributed by atoms with van der Waals surface area (Å²) in [6.45, 7) is 3.83. The highest BCUT2D eigenvalue weighted by atomic mass is 32.2. The zero-order valence-electron chi connectivity index (χ0n) is 12.9. The molecule has 1 saturated heterocycles. The molecule has 1 aromatic carbocycles. The molecule has 2 N–H and O–H groups in total. The maximum atomic E-state index is 12.0. The molecule has 2 atom stereocenters. The Labute approximate surface area is 140 Å². The lowest BCUT2D eigenvalue weighted by Crippen LogP contribution is -2.30. The first-order chi connectivity index (χ1) is 10.8. The van der Waals surface area contributed by atoms with Crippen molar-refractivity contribution in [2.75, 3.05) is 16.8 Å². The number of nitrogens with zero attached hydrogens (tertiary/aromatic N) is 1. The average Bonchev–Trinajstić information content (AvgIpc) is 2.90. The summed E-state index contributed by atoms with van der Waals surface area (Å²) in [5, 5.41) is 6.76. The van der Waals surface area contributed by atoms with Gasteiger partial charge in [-0.1, -0.05) is 17.8 Å². The van der Waals surface area contributed by atoms with Crippen LogP contribution in [0.2, 0.25) is 0 Å². The van der Waals surface area contributed by atoms with Crippen molar-refractivity contribution < 1.29 is 13.2 Å². The van der Waals surface area contributed by atoms with Gasteiger partial charge >= 0.3 is 0 Å². The van der Waals surface area contributed by atoms with Crippen LogP contribution in [0.1, 0.15) is 24.2 Å². The predicted molar refractivity (Wildman–Crippen MR) is 93.9 cm³/mol. The molecule has 0 radical (unpaired) electrons. The molecule has 1 aromatic rings. The number of fused-ring (bicyclic) bond motifs is 1. The van der Waals surface area contributed by atoms with E-state index in [1.54, 1.807) is 12.1 Å². The molecule has 3 rings (SSSR count). The molecule has 0 bridgehead atoms. The van der Waals surface area contributed by atoms with Crippen molar-refractivity contribution in [2.45, 2.75) is 31.2 Å². The SMILES string of the molecule is CC(C)NC(=O)c1cccc(NC2=N[C@@H]3CS(=O)(=O)C[C@@H]3S2)c1. The molecule has 1 fully saturated rings. The Morgan fingerprint density at radius 2 is 2.13 bits per heavy atom. The molecule has 124 valence electrons. The van der Waals surface area contributed by atoms with Crippen molar-refractivity contribution in [1.82, 2.24) is 5.32 Å². The maximum absolute atomic E-state index is 12.0. The second-order valence-corrected chi connectivity index (χ2v) is 9.45.